The summed E-state index contributed by atoms with van der Waals surface area (Å²) in [6, 6.07) is 0.472. The molecular weight excluding hydrogens is 164 g/mol. The van der Waals surface area contributed by atoms with E-state index in [2.05, 4.69) is 5.32 Å². The summed E-state index contributed by atoms with van der Waals surface area (Å²) < 4.78 is 0. The Labute approximate surface area is 80.5 Å². The number of rotatable bonds is 3. The minimum absolute atomic E-state index is 0.300. The molecule has 1 fully saturated rings. The van der Waals surface area contributed by atoms with Gasteiger partial charge >= 0.3 is 0 Å². The van der Waals surface area contributed by atoms with E-state index in [1.54, 1.807) is 0 Å². The van der Waals surface area contributed by atoms with E-state index in [1.807, 2.05) is 18.9 Å². The molecule has 0 aromatic rings. The number of hydrogen-bond donors (Lipinski definition) is 1. The lowest BCUT2D eigenvalue weighted by Gasteiger charge is -2.31. The molecule has 76 valence electrons. The molecule has 0 aliphatic carbocycles. The van der Waals surface area contributed by atoms with Crippen LogP contribution in [0.4, 0.5) is 0 Å². The fraction of sp³-hybridized carbons (Fsp3) is 0.900. The predicted octanol–water partition coefficient (Wildman–Crippen LogP) is 0.997. The van der Waals surface area contributed by atoms with E-state index in [0.717, 1.165) is 32.4 Å². The van der Waals surface area contributed by atoms with Crippen molar-refractivity contribution in [2.75, 3.05) is 20.1 Å². The van der Waals surface area contributed by atoms with Gasteiger partial charge in [0.15, 0.2) is 0 Å². The zero-order valence-corrected chi connectivity index (χ0v) is 8.68. The molecule has 0 spiro atoms. The molecule has 1 heterocycles. The third kappa shape index (κ3) is 2.99. The van der Waals surface area contributed by atoms with Crippen LogP contribution in [0.15, 0.2) is 0 Å². The Hall–Kier alpha value is -0.570. The van der Waals surface area contributed by atoms with Gasteiger partial charge in [-0.1, -0.05) is 6.92 Å². The average molecular weight is 184 g/mol. The van der Waals surface area contributed by atoms with Crippen LogP contribution in [0.5, 0.6) is 0 Å². The average Bonchev–Trinajstić information content (AvgIpc) is 2.18. The number of nitrogens with one attached hydrogen (secondary N) is 1. The number of hydrogen-bond acceptors (Lipinski definition) is 2. The summed E-state index contributed by atoms with van der Waals surface area (Å²) in [6.45, 7) is 4.15. The minimum atomic E-state index is 0.300. The van der Waals surface area contributed by atoms with Crippen molar-refractivity contribution in [1.82, 2.24) is 10.2 Å². The summed E-state index contributed by atoms with van der Waals surface area (Å²) in [5.74, 6) is 0.300. The smallest absolute Gasteiger partial charge is 0.222 e. The third-order valence-electron chi connectivity index (χ3n) is 2.71. The fourth-order valence-electron chi connectivity index (χ4n) is 1.79. The maximum absolute atomic E-state index is 11.5. The van der Waals surface area contributed by atoms with Crippen LogP contribution in [0, 0.1) is 0 Å². The van der Waals surface area contributed by atoms with Gasteiger partial charge in [-0.05, 0) is 32.4 Å². The molecule has 1 aliphatic rings. The number of amides is 1. The highest BCUT2D eigenvalue weighted by Gasteiger charge is 2.20. The lowest BCUT2D eigenvalue weighted by molar-refractivity contribution is -0.132. The van der Waals surface area contributed by atoms with Gasteiger partial charge in [0.05, 0.1) is 0 Å². The van der Waals surface area contributed by atoms with Crippen molar-refractivity contribution in [2.24, 2.45) is 0 Å². The van der Waals surface area contributed by atoms with Crippen LogP contribution in [-0.4, -0.2) is 37.0 Å². The molecule has 0 atom stereocenters. The molecule has 0 aromatic carbocycles. The van der Waals surface area contributed by atoms with E-state index < -0.39 is 0 Å². The van der Waals surface area contributed by atoms with Gasteiger partial charge in [0, 0.05) is 19.5 Å². The quantitative estimate of drug-likeness (QED) is 0.709. The highest BCUT2D eigenvalue weighted by atomic mass is 16.2. The van der Waals surface area contributed by atoms with Crippen LogP contribution in [0.1, 0.15) is 32.6 Å². The molecule has 0 aromatic heterocycles. The molecule has 1 amide bonds. The number of nitrogens with zero attached hydrogens (tertiary/aromatic N) is 1. The van der Waals surface area contributed by atoms with Crippen LogP contribution in [-0.2, 0) is 4.79 Å². The monoisotopic (exact) mass is 184 g/mol. The van der Waals surface area contributed by atoms with Crippen molar-refractivity contribution < 1.29 is 4.79 Å². The zero-order valence-electron chi connectivity index (χ0n) is 8.68. The van der Waals surface area contributed by atoms with Crippen LogP contribution >= 0.6 is 0 Å². The Morgan fingerprint density at radius 1 is 1.46 bits per heavy atom. The summed E-state index contributed by atoms with van der Waals surface area (Å²) >= 11 is 0. The molecular formula is C10H20N2O. The van der Waals surface area contributed by atoms with Gasteiger partial charge in [0.1, 0.15) is 0 Å². The molecule has 13 heavy (non-hydrogen) atoms. The highest BCUT2D eigenvalue weighted by molar-refractivity contribution is 5.76. The molecule has 1 rings (SSSR count). The Bertz CT molecular complexity index is 164. The Kier molecular flexibility index (Phi) is 4.22. The van der Waals surface area contributed by atoms with Crippen LogP contribution in [0.3, 0.4) is 0 Å². The van der Waals surface area contributed by atoms with Gasteiger partial charge < -0.3 is 10.2 Å². The maximum Gasteiger partial charge on any atom is 0.222 e. The molecule has 1 aliphatic heterocycles. The second-order valence-electron chi connectivity index (χ2n) is 3.74. The van der Waals surface area contributed by atoms with Gasteiger partial charge in [0.25, 0.3) is 0 Å². The summed E-state index contributed by atoms with van der Waals surface area (Å²) in [7, 11) is 1.94. The molecule has 0 saturated carbocycles. The van der Waals surface area contributed by atoms with E-state index in [0.29, 0.717) is 18.4 Å². The van der Waals surface area contributed by atoms with Crippen molar-refractivity contribution in [3.05, 3.63) is 0 Å². The lowest BCUT2D eigenvalue weighted by Crippen LogP contribution is -2.43. The van der Waals surface area contributed by atoms with Crippen molar-refractivity contribution in [3.63, 3.8) is 0 Å². The summed E-state index contributed by atoms with van der Waals surface area (Å²) in [5.41, 5.74) is 0. The number of piperidine rings is 1. The number of carbonyl (C=O) groups excluding carboxylic acids is 1. The summed E-state index contributed by atoms with van der Waals surface area (Å²) in [6.07, 6.45) is 3.85. The molecule has 0 radical (unpaired) electrons. The molecule has 0 unspecified atom stereocenters. The SMILES string of the molecule is CCCC(=O)N(C)C1CCNCC1. The predicted molar refractivity (Wildman–Crippen MR) is 53.6 cm³/mol. The maximum atomic E-state index is 11.5. The lowest BCUT2D eigenvalue weighted by atomic mass is 10.0. The number of carbonyl (C=O) groups is 1. The normalized spacial score (nSPS) is 18.6. The Morgan fingerprint density at radius 2 is 2.08 bits per heavy atom. The third-order valence-corrected chi connectivity index (χ3v) is 2.71. The van der Waals surface area contributed by atoms with Crippen molar-refractivity contribution in [2.45, 2.75) is 38.6 Å². The first kappa shape index (κ1) is 10.5. The topological polar surface area (TPSA) is 32.3 Å². The van der Waals surface area contributed by atoms with Gasteiger partial charge in [-0.2, -0.15) is 0 Å². The first-order valence-electron chi connectivity index (χ1n) is 5.22. The van der Waals surface area contributed by atoms with E-state index in [4.69, 9.17) is 0 Å². The minimum Gasteiger partial charge on any atom is -0.343 e. The standard InChI is InChI=1S/C10H20N2O/c1-3-4-10(13)12(2)9-5-7-11-8-6-9/h9,11H,3-8H2,1-2H3. The van der Waals surface area contributed by atoms with E-state index >= 15 is 0 Å². The summed E-state index contributed by atoms with van der Waals surface area (Å²) in [4.78, 5) is 13.5. The van der Waals surface area contributed by atoms with Crippen LogP contribution in [0.2, 0.25) is 0 Å². The first-order valence-corrected chi connectivity index (χ1v) is 5.22. The van der Waals surface area contributed by atoms with E-state index in [1.165, 1.54) is 0 Å². The molecule has 3 heteroatoms. The second kappa shape index (κ2) is 5.22. The second-order valence-corrected chi connectivity index (χ2v) is 3.74. The molecule has 0 bridgehead atoms. The molecule has 1 saturated heterocycles. The van der Waals surface area contributed by atoms with E-state index in [-0.39, 0.29) is 0 Å². The summed E-state index contributed by atoms with van der Waals surface area (Å²) in [5, 5.41) is 3.30. The van der Waals surface area contributed by atoms with Crippen molar-refractivity contribution in [3.8, 4) is 0 Å². The largest absolute Gasteiger partial charge is 0.343 e. The zero-order chi connectivity index (χ0) is 9.68. The van der Waals surface area contributed by atoms with Crippen molar-refractivity contribution in [1.29, 1.82) is 0 Å². The van der Waals surface area contributed by atoms with E-state index in [9.17, 15) is 4.79 Å². The van der Waals surface area contributed by atoms with Gasteiger partial charge in [-0.3, -0.25) is 4.79 Å². The Morgan fingerprint density at radius 3 is 2.62 bits per heavy atom. The van der Waals surface area contributed by atoms with Crippen LogP contribution < -0.4 is 5.32 Å². The van der Waals surface area contributed by atoms with Gasteiger partial charge in [-0.15, -0.1) is 0 Å². The van der Waals surface area contributed by atoms with Gasteiger partial charge in [0.2, 0.25) is 5.91 Å². The Balaban J connectivity index is 2.35. The van der Waals surface area contributed by atoms with Crippen molar-refractivity contribution >= 4 is 5.91 Å². The van der Waals surface area contributed by atoms with Crippen LogP contribution in [0.25, 0.3) is 0 Å². The highest BCUT2D eigenvalue weighted by Crippen LogP contribution is 2.11. The molecule has 3 nitrogen and oxygen atoms in total. The fourth-order valence-corrected chi connectivity index (χ4v) is 1.79. The van der Waals surface area contributed by atoms with Gasteiger partial charge in [-0.25, -0.2) is 0 Å². The molecule has 1 N–H and O–H groups in total. The first-order chi connectivity index (χ1) is 6.25.